The van der Waals surface area contributed by atoms with Crippen LogP contribution in [0.4, 0.5) is 0 Å². The van der Waals surface area contributed by atoms with E-state index in [1.165, 1.54) is 0 Å². The molecule has 1 fully saturated rings. The summed E-state index contributed by atoms with van der Waals surface area (Å²) in [6.07, 6.45) is 2.75. The Morgan fingerprint density at radius 3 is 2.95 bits per heavy atom. The van der Waals surface area contributed by atoms with Gasteiger partial charge in [-0.15, -0.1) is 0 Å². The fraction of sp³-hybridized carbons (Fsp3) is 0.533. The van der Waals surface area contributed by atoms with Gasteiger partial charge in [0.25, 0.3) is 5.91 Å². The zero-order chi connectivity index (χ0) is 14.5. The van der Waals surface area contributed by atoms with Crippen LogP contribution in [0.5, 0.6) is 0 Å². The Kier molecular flexibility index (Phi) is 4.71. The molecule has 2 rings (SSSR count). The summed E-state index contributed by atoms with van der Waals surface area (Å²) in [6.45, 7) is 3.24. The number of piperidine rings is 1. The first-order valence-electron chi connectivity index (χ1n) is 7.01. The van der Waals surface area contributed by atoms with Crippen molar-refractivity contribution in [2.75, 3.05) is 13.1 Å². The van der Waals surface area contributed by atoms with E-state index < -0.39 is 5.97 Å². The number of rotatable bonds is 4. The standard InChI is InChI=1S/C15H20N2O3/c1-11-4-2-6-13(16-11)15(20)17-9-3-5-12(10-17)7-8-14(18)19/h2,4,6,12H,3,5,7-10H2,1H3,(H,18,19)/t12-/m0/s1. The van der Waals surface area contributed by atoms with Crippen molar-refractivity contribution in [1.82, 2.24) is 9.88 Å². The molecule has 1 aliphatic heterocycles. The predicted octanol–water partition coefficient (Wildman–Crippen LogP) is 2.11. The van der Waals surface area contributed by atoms with E-state index in [1.807, 2.05) is 19.1 Å². The molecule has 1 aliphatic rings. The SMILES string of the molecule is Cc1cccc(C(=O)N2CCC[C@@H](CCC(=O)O)C2)n1. The number of carbonyl (C=O) groups is 2. The van der Waals surface area contributed by atoms with E-state index in [1.54, 1.807) is 11.0 Å². The van der Waals surface area contributed by atoms with Crippen LogP contribution >= 0.6 is 0 Å². The minimum Gasteiger partial charge on any atom is -0.481 e. The molecule has 2 heterocycles. The second-order valence-electron chi connectivity index (χ2n) is 5.36. The minimum atomic E-state index is -0.770. The van der Waals surface area contributed by atoms with E-state index in [0.717, 1.165) is 25.1 Å². The quantitative estimate of drug-likeness (QED) is 0.914. The lowest BCUT2D eigenvalue weighted by Gasteiger charge is -2.32. The van der Waals surface area contributed by atoms with Gasteiger partial charge in [-0.2, -0.15) is 0 Å². The van der Waals surface area contributed by atoms with E-state index in [-0.39, 0.29) is 18.2 Å². The number of amides is 1. The van der Waals surface area contributed by atoms with Gasteiger partial charge in [0.2, 0.25) is 0 Å². The first kappa shape index (κ1) is 14.5. The molecule has 1 aromatic heterocycles. The number of aromatic nitrogens is 1. The highest BCUT2D eigenvalue weighted by atomic mass is 16.4. The summed E-state index contributed by atoms with van der Waals surface area (Å²) >= 11 is 0. The zero-order valence-corrected chi connectivity index (χ0v) is 11.7. The number of carboxylic acid groups (broad SMARTS) is 1. The molecule has 1 aromatic rings. The maximum absolute atomic E-state index is 12.4. The lowest BCUT2D eigenvalue weighted by molar-refractivity contribution is -0.137. The summed E-state index contributed by atoms with van der Waals surface area (Å²) in [5.41, 5.74) is 1.30. The normalized spacial score (nSPS) is 18.9. The van der Waals surface area contributed by atoms with Crippen molar-refractivity contribution in [3.63, 3.8) is 0 Å². The molecular formula is C15H20N2O3. The molecule has 0 radical (unpaired) electrons. The van der Waals surface area contributed by atoms with Crippen molar-refractivity contribution in [3.05, 3.63) is 29.6 Å². The second kappa shape index (κ2) is 6.50. The van der Waals surface area contributed by atoms with E-state index in [2.05, 4.69) is 4.98 Å². The second-order valence-corrected chi connectivity index (χ2v) is 5.36. The van der Waals surface area contributed by atoms with Crippen LogP contribution in [0.2, 0.25) is 0 Å². The maximum atomic E-state index is 12.4. The molecule has 20 heavy (non-hydrogen) atoms. The van der Waals surface area contributed by atoms with Crippen molar-refractivity contribution in [3.8, 4) is 0 Å². The number of hydrogen-bond acceptors (Lipinski definition) is 3. The minimum absolute atomic E-state index is 0.0475. The highest BCUT2D eigenvalue weighted by Gasteiger charge is 2.25. The molecule has 1 saturated heterocycles. The topological polar surface area (TPSA) is 70.5 Å². The third-order valence-electron chi connectivity index (χ3n) is 3.68. The number of carboxylic acids is 1. The fourth-order valence-corrected chi connectivity index (χ4v) is 2.64. The Hall–Kier alpha value is -1.91. The fourth-order valence-electron chi connectivity index (χ4n) is 2.64. The van der Waals surface area contributed by atoms with E-state index in [4.69, 9.17) is 5.11 Å². The van der Waals surface area contributed by atoms with Gasteiger partial charge in [0.15, 0.2) is 0 Å². The number of carbonyl (C=O) groups excluding carboxylic acids is 1. The number of likely N-dealkylation sites (tertiary alicyclic amines) is 1. The Bertz CT molecular complexity index is 502. The van der Waals surface area contributed by atoms with Crippen molar-refractivity contribution in [2.45, 2.75) is 32.6 Å². The Balaban J connectivity index is 1.98. The lowest BCUT2D eigenvalue weighted by atomic mass is 9.93. The molecule has 0 unspecified atom stereocenters. The van der Waals surface area contributed by atoms with Crippen LogP contribution in [0.15, 0.2) is 18.2 Å². The van der Waals surface area contributed by atoms with Gasteiger partial charge in [-0.05, 0) is 44.2 Å². The predicted molar refractivity (Wildman–Crippen MR) is 74.5 cm³/mol. The molecule has 0 bridgehead atoms. The van der Waals surface area contributed by atoms with Crippen molar-refractivity contribution in [2.24, 2.45) is 5.92 Å². The first-order chi connectivity index (χ1) is 9.56. The third kappa shape index (κ3) is 3.79. The van der Waals surface area contributed by atoms with Gasteiger partial charge < -0.3 is 10.0 Å². The average Bonchev–Trinajstić information content (AvgIpc) is 2.44. The van der Waals surface area contributed by atoms with Gasteiger partial charge in [0.05, 0.1) is 0 Å². The maximum Gasteiger partial charge on any atom is 0.303 e. The van der Waals surface area contributed by atoms with Crippen LogP contribution in [0.25, 0.3) is 0 Å². The van der Waals surface area contributed by atoms with Gasteiger partial charge in [-0.25, -0.2) is 4.98 Å². The summed E-state index contributed by atoms with van der Waals surface area (Å²) < 4.78 is 0. The molecule has 0 aromatic carbocycles. The molecule has 5 heteroatoms. The highest BCUT2D eigenvalue weighted by Crippen LogP contribution is 2.22. The van der Waals surface area contributed by atoms with Gasteiger partial charge in [-0.1, -0.05) is 6.07 Å². The smallest absolute Gasteiger partial charge is 0.303 e. The van der Waals surface area contributed by atoms with Gasteiger partial charge in [0, 0.05) is 25.2 Å². The van der Waals surface area contributed by atoms with Crippen LogP contribution in [-0.2, 0) is 4.79 Å². The summed E-state index contributed by atoms with van der Waals surface area (Å²) in [7, 11) is 0. The van der Waals surface area contributed by atoms with E-state index in [9.17, 15) is 9.59 Å². The summed E-state index contributed by atoms with van der Waals surface area (Å²) in [5.74, 6) is -0.531. The van der Waals surface area contributed by atoms with Crippen molar-refractivity contribution >= 4 is 11.9 Å². The molecular weight excluding hydrogens is 256 g/mol. The summed E-state index contributed by atoms with van der Waals surface area (Å²) in [5, 5.41) is 8.74. The van der Waals surface area contributed by atoms with Crippen LogP contribution in [0, 0.1) is 12.8 Å². The van der Waals surface area contributed by atoms with Crippen LogP contribution in [0.3, 0.4) is 0 Å². The van der Waals surface area contributed by atoms with Crippen molar-refractivity contribution < 1.29 is 14.7 Å². The first-order valence-corrected chi connectivity index (χ1v) is 7.01. The Morgan fingerprint density at radius 2 is 2.25 bits per heavy atom. The van der Waals surface area contributed by atoms with Gasteiger partial charge >= 0.3 is 5.97 Å². The molecule has 1 amide bonds. The largest absolute Gasteiger partial charge is 0.481 e. The monoisotopic (exact) mass is 276 g/mol. The van der Waals surface area contributed by atoms with Crippen LogP contribution < -0.4 is 0 Å². The van der Waals surface area contributed by atoms with Crippen molar-refractivity contribution in [1.29, 1.82) is 0 Å². The van der Waals surface area contributed by atoms with Gasteiger partial charge in [-0.3, -0.25) is 9.59 Å². The highest BCUT2D eigenvalue weighted by molar-refractivity contribution is 5.92. The third-order valence-corrected chi connectivity index (χ3v) is 3.68. The number of hydrogen-bond donors (Lipinski definition) is 1. The molecule has 108 valence electrons. The summed E-state index contributed by atoms with van der Waals surface area (Å²) in [4.78, 5) is 29.1. The van der Waals surface area contributed by atoms with E-state index in [0.29, 0.717) is 18.7 Å². The molecule has 0 spiro atoms. The zero-order valence-electron chi connectivity index (χ0n) is 11.7. The Labute approximate surface area is 118 Å². The molecule has 0 aliphatic carbocycles. The lowest BCUT2D eigenvalue weighted by Crippen LogP contribution is -2.40. The number of aliphatic carboxylic acids is 1. The summed E-state index contributed by atoms with van der Waals surface area (Å²) in [6, 6.07) is 5.43. The van der Waals surface area contributed by atoms with Crippen LogP contribution in [-0.4, -0.2) is 40.0 Å². The Morgan fingerprint density at radius 1 is 1.45 bits per heavy atom. The van der Waals surface area contributed by atoms with Crippen LogP contribution in [0.1, 0.15) is 41.9 Å². The van der Waals surface area contributed by atoms with E-state index >= 15 is 0 Å². The number of aryl methyl sites for hydroxylation is 1. The number of nitrogens with zero attached hydrogens (tertiary/aromatic N) is 2. The molecule has 1 N–H and O–H groups in total. The number of pyridine rings is 1. The molecule has 5 nitrogen and oxygen atoms in total. The van der Waals surface area contributed by atoms with Gasteiger partial charge in [0.1, 0.15) is 5.69 Å². The average molecular weight is 276 g/mol. The molecule has 1 atom stereocenters. The molecule has 0 saturated carbocycles.